The molecule has 0 radical (unpaired) electrons. The van der Waals surface area contributed by atoms with Gasteiger partial charge in [0.1, 0.15) is 0 Å². The third kappa shape index (κ3) is 4.28. The molecule has 0 aliphatic carbocycles. The molecular formula is C19H15ClF3N3OS. The third-order valence-corrected chi connectivity index (χ3v) is 4.67. The Morgan fingerprint density at radius 3 is 2.43 bits per heavy atom. The maximum Gasteiger partial charge on any atom is 0.418 e. The van der Waals surface area contributed by atoms with Crippen molar-refractivity contribution in [2.75, 3.05) is 5.32 Å². The second kappa shape index (κ2) is 7.81. The van der Waals surface area contributed by atoms with Crippen molar-refractivity contribution in [2.24, 2.45) is 0 Å². The first-order valence-corrected chi connectivity index (χ1v) is 8.97. The molecule has 0 spiro atoms. The fraction of sp³-hybridized carbons (Fsp3) is 0.158. The smallest absolute Gasteiger partial charge is 0.351 e. The summed E-state index contributed by atoms with van der Waals surface area (Å²) >= 11 is 11.1. The van der Waals surface area contributed by atoms with Gasteiger partial charge in [0.25, 0.3) is 5.91 Å². The molecule has 28 heavy (non-hydrogen) atoms. The Morgan fingerprint density at radius 1 is 1.14 bits per heavy atom. The van der Waals surface area contributed by atoms with E-state index >= 15 is 0 Å². The van der Waals surface area contributed by atoms with Crippen molar-refractivity contribution in [1.82, 2.24) is 10.6 Å². The standard InChI is InChI=1S/C19H15ClF3N3OS/c1-10-15(16(26-18(28)24-10)11-6-8-12(20)9-7-11)17(27)25-14-5-3-2-4-13(14)19(21,22)23/h2-9,16H,1H3,(H,25,27)(H2,24,26,28). The topological polar surface area (TPSA) is 53.2 Å². The van der Waals surface area contributed by atoms with Crippen LogP contribution in [0.15, 0.2) is 59.8 Å². The van der Waals surface area contributed by atoms with Crippen molar-refractivity contribution in [1.29, 1.82) is 0 Å². The summed E-state index contributed by atoms with van der Waals surface area (Å²) in [5.74, 6) is -0.670. The molecule has 1 heterocycles. The van der Waals surface area contributed by atoms with Crippen molar-refractivity contribution >= 4 is 40.5 Å². The van der Waals surface area contributed by atoms with Crippen LogP contribution in [0.2, 0.25) is 5.02 Å². The molecule has 9 heteroatoms. The molecule has 3 N–H and O–H groups in total. The molecule has 1 amide bonds. The van der Waals surface area contributed by atoms with E-state index in [1.165, 1.54) is 18.2 Å². The fourth-order valence-corrected chi connectivity index (χ4v) is 3.33. The monoisotopic (exact) mass is 425 g/mol. The molecule has 1 unspecified atom stereocenters. The number of anilines is 1. The highest BCUT2D eigenvalue weighted by molar-refractivity contribution is 7.80. The highest BCUT2D eigenvalue weighted by Gasteiger charge is 2.35. The Morgan fingerprint density at radius 2 is 1.79 bits per heavy atom. The Labute approximate surface area is 169 Å². The normalized spacial score (nSPS) is 17.0. The number of rotatable bonds is 3. The van der Waals surface area contributed by atoms with Crippen molar-refractivity contribution in [2.45, 2.75) is 19.1 Å². The van der Waals surface area contributed by atoms with Crippen LogP contribution in [0.4, 0.5) is 18.9 Å². The molecule has 146 valence electrons. The molecule has 0 saturated carbocycles. The van der Waals surface area contributed by atoms with E-state index in [4.69, 9.17) is 23.8 Å². The maximum absolute atomic E-state index is 13.2. The minimum absolute atomic E-state index is 0.230. The summed E-state index contributed by atoms with van der Waals surface area (Å²) in [5, 5.41) is 9.03. The summed E-state index contributed by atoms with van der Waals surface area (Å²) in [4.78, 5) is 12.9. The molecule has 2 aromatic rings. The van der Waals surface area contributed by atoms with Crippen molar-refractivity contribution < 1.29 is 18.0 Å². The van der Waals surface area contributed by atoms with Gasteiger partial charge < -0.3 is 16.0 Å². The number of para-hydroxylation sites is 1. The molecule has 0 aromatic heterocycles. The van der Waals surface area contributed by atoms with Crippen LogP contribution in [0.5, 0.6) is 0 Å². The van der Waals surface area contributed by atoms with Crippen LogP contribution in [0.25, 0.3) is 0 Å². The zero-order valence-corrected chi connectivity index (χ0v) is 16.1. The van der Waals surface area contributed by atoms with E-state index in [0.29, 0.717) is 21.4 Å². The lowest BCUT2D eigenvalue weighted by molar-refractivity contribution is -0.137. The summed E-state index contributed by atoms with van der Waals surface area (Å²) in [6, 6.07) is 10.9. The van der Waals surface area contributed by atoms with Crippen molar-refractivity contribution in [3.63, 3.8) is 0 Å². The number of hydrogen-bond donors (Lipinski definition) is 3. The quantitative estimate of drug-likeness (QED) is 0.619. The molecule has 0 bridgehead atoms. The summed E-state index contributed by atoms with van der Waals surface area (Å²) < 4.78 is 39.7. The average Bonchev–Trinajstić information content (AvgIpc) is 2.61. The lowest BCUT2D eigenvalue weighted by atomic mass is 9.95. The van der Waals surface area contributed by atoms with Crippen molar-refractivity contribution in [3.05, 3.63) is 76.0 Å². The van der Waals surface area contributed by atoms with Gasteiger partial charge in [-0.15, -0.1) is 0 Å². The number of allylic oxidation sites excluding steroid dienone is 1. The Hall–Kier alpha value is -2.58. The van der Waals surface area contributed by atoms with Crippen LogP contribution in [0.3, 0.4) is 0 Å². The first-order valence-electron chi connectivity index (χ1n) is 8.18. The van der Waals surface area contributed by atoms with Gasteiger partial charge in [0.15, 0.2) is 5.11 Å². The van der Waals surface area contributed by atoms with Gasteiger partial charge in [-0.3, -0.25) is 4.79 Å². The van der Waals surface area contributed by atoms with Gasteiger partial charge in [-0.2, -0.15) is 13.2 Å². The summed E-state index contributed by atoms with van der Waals surface area (Å²) in [5.41, 5.74) is 0.139. The zero-order valence-electron chi connectivity index (χ0n) is 14.5. The van der Waals surface area contributed by atoms with E-state index in [2.05, 4.69) is 16.0 Å². The van der Waals surface area contributed by atoms with Crippen molar-refractivity contribution in [3.8, 4) is 0 Å². The second-order valence-corrected chi connectivity index (χ2v) is 6.96. The van der Waals surface area contributed by atoms with Crippen LogP contribution in [0, 0.1) is 0 Å². The Kier molecular flexibility index (Phi) is 5.62. The molecule has 0 saturated heterocycles. The van der Waals surface area contributed by atoms with Crippen LogP contribution < -0.4 is 16.0 Å². The van der Waals surface area contributed by atoms with E-state index in [1.807, 2.05) is 0 Å². The molecular weight excluding hydrogens is 411 g/mol. The van der Waals surface area contributed by atoms with Gasteiger partial charge in [0.05, 0.1) is 22.9 Å². The molecule has 1 atom stereocenters. The summed E-state index contributed by atoms with van der Waals surface area (Å²) in [7, 11) is 0. The largest absolute Gasteiger partial charge is 0.418 e. The van der Waals surface area contributed by atoms with Crippen LogP contribution in [0.1, 0.15) is 24.1 Å². The fourth-order valence-electron chi connectivity index (χ4n) is 2.93. The lowest BCUT2D eigenvalue weighted by Gasteiger charge is -2.30. The Balaban J connectivity index is 1.98. The summed E-state index contributed by atoms with van der Waals surface area (Å²) in [6.45, 7) is 1.64. The molecule has 1 aliphatic heterocycles. The predicted octanol–water partition coefficient (Wildman–Crippen LogP) is 4.79. The number of carbonyl (C=O) groups is 1. The van der Waals surface area contributed by atoms with Gasteiger partial charge in [-0.25, -0.2) is 0 Å². The first kappa shape index (κ1) is 20.2. The second-order valence-electron chi connectivity index (χ2n) is 6.12. The zero-order chi connectivity index (χ0) is 20.5. The highest BCUT2D eigenvalue weighted by atomic mass is 35.5. The minimum Gasteiger partial charge on any atom is -0.351 e. The number of benzene rings is 2. The van der Waals surface area contributed by atoms with Gasteiger partial charge in [-0.1, -0.05) is 35.9 Å². The molecule has 2 aromatic carbocycles. The van der Waals surface area contributed by atoms with Gasteiger partial charge in [-0.05, 0) is 49.0 Å². The number of alkyl halides is 3. The van der Waals surface area contributed by atoms with E-state index in [1.54, 1.807) is 31.2 Å². The minimum atomic E-state index is -4.59. The number of carbonyl (C=O) groups excluding carboxylic acids is 1. The van der Waals surface area contributed by atoms with Gasteiger partial charge in [0.2, 0.25) is 0 Å². The number of amides is 1. The van der Waals surface area contributed by atoms with Gasteiger partial charge >= 0.3 is 6.18 Å². The van der Waals surface area contributed by atoms with Crippen LogP contribution >= 0.6 is 23.8 Å². The first-order chi connectivity index (χ1) is 13.2. The Bertz CT molecular complexity index is 958. The number of nitrogens with one attached hydrogen (secondary N) is 3. The number of halogens is 4. The molecule has 1 aliphatic rings. The van der Waals surface area contributed by atoms with Crippen LogP contribution in [-0.4, -0.2) is 11.0 Å². The molecule has 3 rings (SSSR count). The van der Waals surface area contributed by atoms with E-state index < -0.39 is 23.7 Å². The highest BCUT2D eigenvalue weighted by Crippen LogP contribution is 2.35. The third-order valence-electron chi connectivity index (χ3n) is 4.20. The SMILES string of the molecule is CC1=C(C(=O)Nc2ccccc2C(F)(F)F)C(c2ccc(Cl)cc2)NC(=S)N1. The van der Waals surface area contributed by atoms with E-state index in [0.717, 1.165) is 6.07 Å². The predicted molar refractivity (Wildman–Crippen MR) is 106 cm³/mol. The average molecular weight is 426 g/mol. The number of thiocarbonyl (C=S) groups is 1. The maximum atomic E-state index is 13.2. The van der Waals surface area contributed by atoms with Crippen LogP contribution in [-0.2, 0) is 11.0 Å². The molecule has 4 nitrogen and oxygen atoms in total. The van der Waals surface area contributed by atoms with Gasteiger partial charge in [0, 0.05) is 10.7 Å². The number of hydrogen-bond acceptors (Lipinski definition) is 2. The lowest BCUT2D eigenvalue weighted by Crippen LogP contribution is -2.45. The summed E-state index contributed by atoms with van der Waals surface area (Å²) in [6.07, 6.45) is -4.59. The molecule has 0 fully saturated rings. The van der Waals surface area contributed by atoms with E-state index in [-0.39, 0.29) is 11.3 Å². The van der Waals surface area contributed by atoms with E-state index in [9.17, 15) is 18.0 Å².